The van der Waals surface area contributed by atoms with E-state index in [9.17, 15) is 18.0 Å². The molecule has 0 saturated carbocycles. The Balaban J connectivity index is 4.62. The standard InChI is InChI=1S/C49H98N4O6S/c1-7-10-13-16-19-28-35-45-58-47(54)39-31-24-20-26-33-42-53(44-36-41-50-49(52(4)5)51-60(6,56)57)43-34-27-21-25-32-40-48(55)59-46(37-29-22-17-14-11-8-2)38-30-23-18-15-12-9-3/h46H,7-45H2,1-6H3,(H,50,51). The van der Waals surface area contributed by atoms with Gasteiger partial charge in [0.1, 0.15) is 6.10 Å². The summed E-state index contributed by atoms with van der Waals surface area (Å²) >= 11 is 0. The molecule has 0 aromatic heterocycles. The molecule has 0 aromatic rings. The molecule has 0 radical (unpaired) electrons. The highest BCUT2D eigenvalue weighted by Gasteiger charge is 2.15. The monoisotopic (exact) mass is 871 g/mol. The van der Waals surface area contributed by atoms with Crippen molar-refractivity contribution in [3.05, 3.63) is 0 Å². The predicted octanol–water partition coefficient (Wildman–Crippen LogP) is 12.5. The first-order chi connectivity index (χ1) is 29.0. The van der Waals surface area contributed by atoms with E-state index in [4.69, 9.17) is 9.47 Å². The molecule has 0 spiro atoms. The third-order valence-electron chi connectivity index (χ3n) is 11.4. The van der Waals surface area contributed by atoms with Crippen LogP contribution in [0.25, 0.3) is 0 Å². The van der Waals surface area contributed by atoms with Crippen LogP contribution >= 0.6 is 0 Å². The van der Waals surface area contributed by atoms with Crippen LogP contribution in [0, 0.1) is 0 Å². The van der Waals surface area contributed by atoms with Crippen molar-refractivity contribution in [2.75, 3.05) is 53.1 Å². The molecule has 0 saturated heterocycles. The minimum Gasteiger partial charge on any atom is -0.466 e. The molecule has 1 N–H and O–H groups in total. The summed E-state index contributed by atoms with van der Waals surface area (Å²) in [5, 5.41) is 3.20. The number of unbranched alkanes of at least 4 members (excludes halogenated alkanes) is 24. The van der Waals surface area contributed by atoms with Gasteiger partial charge in [-0.05, 0) is 83.8 Å². The number of hydrogen-bond donors (Lipinski definition) is 1. The summed E-state index contributed by atoms with van der Waals surface area (Å²) in [6, 6.07) is 0. The smallest absolute Gasteiger partial charge is 0.306 e. The number of guanidine groups is 1. The number of hydrogen-bond acceptors (Lipinski definition) is 7. The molecular formula is C49H98N4O6S. The van der Waals surface area contributed by atoms with E-state index in [0.29, 0.717) is 32.0 Å². The maximum absolute atomic E-state index is 12.9. The van der Waals surface area contributed by atoms with E-state index in [1.807, 2.05) is 0 Å². The molecule has 0 atom stereocenters. The van der Waals surface area contributed by atoms with Gasteiger partial charge in [-0.25, -0.2) is 8.42 Å². The van der Waals surface area contributed by atoms with Crippen LogP contribution in [0.5, 0.6) is 0 Å². The molecule has 11 heteroatoms. The number of rotatable bonds is 44. The predicted molar refractivity (Wildman–Crippen MR) is 255 cm³/mol. The molecule has 356 valence electrons. The molecule has 10 nitrogen and oxygen atoms in total. The fourth-order valence-corrected chi connectivity index (χ4v) is 8.21. The summed E-state index contributed by atoms with van der Waals surface area (Å²) in [4.78, 5) is 29.2. The summed E-state index contributed by atoms with van der Waals surface area (Å²) in [5.74, 6) is 0.307. The van der Waals surface area contributed by atoms with Gasteiger partial charge in [-0.1, -0.05) is 162 Å². The second-order valence-corrected chi connectivity index (χ2v) is 19.4. The van der Waals surface area contributed by atoms with Crippen molar-refractivity contribution in [2.45, 2.75) is 245 Å². The van der Waals surface area contributed by atoms with E-state index in [-0.39, 0.29) is 18.0 Å². The second-order valence-electron chi connectivity index (χ2n) is 17.8. The van der Waals surface area contributed by atoms with Crippen molar-refractivity contribution in [1.29, 1.82) is 0 Å². The summed E-state index contributed by atoms with van der Waals surface area (Å²) in [6.45, 7) is 10.9. The lowest BCUT2D eigenvalue weighted by atomic mass is 10.0. The molecule has 0 fully saturated rings. The Kier molecular flexibility index (Phi) is 41.1. The first kappa shape index (κ1) is 58.1. The number of ether oxygens (including phenoxy) is 2. The zero-order valence-corrected chi connectivity index (χ0v) is 41.2. The third-order valence-corrected chi connectivity index (χ3v) is 11.9. The van der Waals surface area contributed by atoms with Gasteiger partial charge in [0.15, 0.2) is 0 Å². The normalized spacial score (nSPS) is 12.1. The van der Waals surface area contributed by atoms with Gasteiger partial charge in [0.05, 0.1) is 12.9 Å². The number of nitrogens with one attached hydrogen (secondary N) is 1. The average molecular weight is 871 g/mol. The first-order valence-electron chi connectivity index (χ1n) is 25.3. The number of esters is 2. The zero-order valence-electron chi connectivity index (χ0n) is 40.4. The molecule has 60 heavy (non-hydrogen) atoms. The van der Waals surface area contributed by atoms with Gasteiger partial charge in [0.25, 0.3) is 10.0 Å². The maximum atomic E-state index is 12.9. The van der Waals surface area contributed by atoms with Gasteiger partial charge in [-0.15, -0.1) is 4.40 Å². The van der Waals surface area contributed by atoms with Crippen LogP contribution in [0.1, 0.15) is 239 Å². The fourth-order valence-electron chi connectivity index (χ4n) is 7.67. The van der Waals surface area contributed by atoms with Crippen LogP contribution in [0.3, 0.4) is 0 Å². The Bertz CT molecular complexity index is 1100. The minimum atomic E-state index is -3.48. The molecule has 0 aliphatic carbocycles. The first-order valence-corrected chi connectivity index (χ1v) is 27.2. The second kappa shape index (κ2) is 42.4. The van der Waals surface area contributed by atoms with E-state index in [2.05, 4.69) is 35.4 Å². The maximum Gasteiger partial charge on any atom is 0.306 e. The van der Waals surface area contributed by atoms with Gasteiger partial charge < -0.3 is 24.6 Å². The molecular weight excluding hydrogens is 773 g/mol. The van der Waals surface area contributed by atoms with Gasteiger partial charge in [-0.2, -0.15) is 0 Å². The SMILES string of the molecule is CCCCCCCCCOC(=O)CCCCCCCN(CCCCCCCC(=O)OC(CCCCCCCC)CCCCCCCC)CCCN/C(=N/S(C)(=O)=O)N(C)C. The molecule has 0 amide bonds. The van der Waals surface area contributed by atoms with E-state index in [1.165, 1.54) is 96.3 Å². The summed E-state index contributed by atoms with van der Waals surface area (Å²) in [7, 11) is 0.0956. The van der Waals surface area contributed by atoms with Gasteiger partial charge in [0, 0.05) is 33.5 Å². The van der Waals surface area contributed by atoms with Gasteiger partial charge >= 0.3 is 11.9 Å². The third kappa shape index (κ3) is 41.5. The quantitative estimate of drug-likeness (QED) is 0.0276. The minimum absolute atomic E-state index is 0.00510. The lowest BCUT2D eigenvalue weighted by molar-refractivity contribution is -0.150. The molecule has 0 aliphatic rings. The summed E-state index contributed by atoms with van der Waals surface area (Å²) < 4.78 is 38.9. The number of sulfonamides is 1. The van der Waals surface area contributed by atoms with E-state index >= 15 is 0 Å². The van der Waals surface area contributed by atoms with Crippen LogP contribution in [-0.2, 0) is 29.1 Å². The van der Waals surface area contributed by atoms with Crippen molar-refractivity contribution >= 4 is 27.9 Å². The zero-order chi connectivity index (χ0) is 44.4. The molecule has 0 heterocycles. The number of carbonyl (C=O) groups excluding carboxylic acids is 2. The van der Waals surface area contributed by atoms with Gasteiger partial charge in [-0.3, -0.25) is 9.59 Å². The van der Waals surface area contributed by atoms with Crippen molar-refractivity contribution in [2.24, 2.45) is 4.40 Å². The lowest BCUT2D eigenvalue weighted by Gasteiger charge is -2.23. The fraction of sp³-hybridized carbons (Fsp3) is 0.939. The molecule has 0 aliphatic heterocycles. The largest absolute Gasteiger partial charge is 0.466 e. The van der Waals surface area contributed by atoms with Crippen LogP contribution < -0.4 is 5.32 Å². The number of nitrogens with zero attached hydrogens (tertiary/aromatic N) is 3. The van der Waals surface area contributed by atoms with Crippen LogP contribution in [0.2, 0.25) is 0 Å². The van der Waals surface area contributed by atoms with Crippen molar-refractivity contribution in [1.82, 2.24) is 15.1 Å². The van der Waals surface area contributed by atoms with E-state index < -0.39 is 10.0 Å². The highest BCUT2D eigenvalue weighted by molar-refractivity contribution is 7.89. The average Bonchev–Trinajstić information content (AvgIpc) is 3.20. The highest BCUT2D eigenvalue weighted by Crippen LogP contribution is 2.19. The molecule has 0 bridgehead atoms. The van der Waals surface area contributed by atoms with Crippen LogP contribution in [0.15, 0.2) is 4.40 Å². The van der Waals surface area contributed by atoms with Crippen molar-refractivity contribution < 1.29 is 27.5 Å². The molecule has 0 rings (SSSR count). The van der Waals surface area contributed by atoms with E-state index in [1.54, 1.807) is 19.0 Å². The molecule has 0 unspecified atom stereocenters. The Morgan fingerprint density at radius 2 is 0.933 bits per heavy atom. The van der Waals surface area contributed by atoms with Crippen molar-refractivity contribution in [3.8, 4) is 0 Å². The summed E-state index contributed by atoms with van der Waals surface area (Å²) in [5.41, 5.74) is 0. The number of carbonyl (C=O) groups is 2. The Hall–Kier alpha value is -1.88. The van der Waals surface area contributed by atoms with Crippen molar-refractivity contribution in [3.63, 3.8) is 0 Å². The van der Waals surface area contributed by atoms with Crippen LogP contribution in [-0.4, -0.2) is 95.4 Å². The highest BCUT2D eigenvalue weighted by atomic mass is 32.2. The topological polar surface area (TPSA) is 118 Å². The Labute approximate surface area is 372 Å². The Morgan fingerprint density at radius 3 is 1.40 bits per heavy atom. The van der Waals surface area contributed by atoms with Crippen LogP contribution in [0.4, 0.5) is 0 Å². The Morgan fingerprint density at radius 1 is 0.533 bits per heavy atom. The van der Waals surface area contributed by atoms with Gasteiger partial charge in [0.2, 0.25) is 5.96 Å². The molecule has 0 aromatic carbocycles. The summed E-state index contributed by atoms with van der Waals surface area (Å²) in [6.07, 6.45) is 39.6. The lowest BCUT2D eigenvalue weighted by Crippen LogP contribution is -2.38. The van der Waals surface area contributed by atoms with E-state index in [0.717, 1.165) is 135 Å².